The zero-order chi connectivity index (χ0) is 27.8. The van der Waals surface area contributed by atoms with Crippen LogP contribution in [-0.2, 0) is 22.6 Å². The fraction of sp³-hybridized carbons (Fsp3) is 0.355. The van der Waals surface area contributed by atoms with E-state index >= 15 is 0 Å². The molecule has 1 amide bonds. The molecule has 7 heteroatoms. The first-order valence-electron chi connectivity index (χ1n) is 12.7. The summed E-state index contributed by atoms with van der Waals surface area (Å²) < 4.78 is 24.0. The molecule has 5 nitrogen and oxygen atoms in total. The Kier molecular flexibility index (Phi) is 10.3. The minimum atomic E-state index is -0.448. The van der Waals surface area contributed by atoms with E-state index in [0.717, 1.165) is 34.2 Å². The van der Waals surface area contributed by atoms with Crippen molar-refractivity contribution in [1.82, 2.24) is 5.32 Å². The highest BCUT2D eigenvalue weighted by atomic mass is 35.5. The van der Waals surface area contributed by atoms with Gasteiger partial charge in [0.25, 0.3) is 5.91 Å². The van der Waals surface area contributed by atoms with Gasteiger partial charge in [0.2, 0.25) is 0 Å². The van der Waals surface area contributed by atoms with Gasteiger partial charge in [0.05, 0.1) is 18.2 Å². The summed E-state index contributed by atoms with van der Waals surface area (Å²) in [6.07, 6.45) is 1.29. The summed E-state index contributed by atoms with van der Waals surface area (Å²) in [4.78, 5) is 25.5. The minimum Gasteiger partial charge on any atom is -0.487 e. The van der Waals surface area contributed by atoms with Gasteiger partial charge >= 0.3 is 5.97 Å². The van der Waals surface area contributed by atoms with Gasteiger partial charge < -0.3 is 14.8 Å². The van der Waals surface area contributed by atoms with Crippen molar-refractivity contribution >= 4 is 23.5 Å². The van der Waals surface area contributed by atoms with Gasteiger partial charge in [-0.3, -0.25) is 9.59 Å². The van der Waals surface area contributed by atoms with Gasteiger partial charge in [0.15, 0.2) is 0 Å². The van der Waals surface area contributed by atoms with Crippen molar-refractivity contribution in [3.8, 4) is 5.75 Å². The normalized spacial score (nSPS) is 11.8. The molecule has 0 saturated carbocycles. The summed E-state index contributed by atoms with van der Waals surface area (Å²) in [7, 11) is 1.34. The molecule has 0 radical (unpaired) electrons. The van der Waals surface area contributed by atoms with Crippen molar-refractivity contribution in [2.75, 3.05) is 7.11 Å². The third-order valence-electron chi connectivity index (χ3n) is 6.19. The molecule has 0 saturated heterocycles. The van der Waals surface area contributed by atoms with Gasteiger partial charge in [-0.2, -0.15) is 0 Å². The number of nitrogens with one attached hydrogen (secondary N) is 1. The smallest absolute Gasteiger partial charge is 0.305 e. The molecule has 0 bridgehead atoms. The lowest BCUT2D eigenvalue weighted by Crippen LogP contribution is -2.30. The molecule has 0 heterocycles. The second-order valence-corrected chi connectivity index (χ2v) is 10.4. The third-order valence-corrected chi connectivity index (χ3v) is 6.49. The number of carbonyl (C=O) groups excluding carboxylic acids is 2. The van der Waals surface area contributed by atoms with Crippen LogP contribution in [0.25, 0.3) is 0 Å². The highest BCUT2D eigenvalue weighted by Crippen LogP contribution is 2.27. The Morgan fingerprint density at radius 2 is 1.71 bits per heavy atom. The Labute approximate surface area is 229 Å². The maximum Gasteiger partial charge on any atom is 0.305 e. The zero-order valence-corrected chi connectivity index (χ0v) is 23.3. The molecule has 0 fully saturated rings. The molecule has 3 rings (SSSR count). The van der Waals surface area contributed by atoms with Crippen LogP contribution in [0.4, 0.5) is 4.39 Å². The molecular formula is C31H35ClFNO4. The average Bonchev–Trinajstić information content (AvgIpc) is 2.85. The monoisotopic (exact) mass is 539 g/mol. The SMILES string of the molecule is COC(=O)CCc1ccc(COc2ccc(F)cc2Cl)cc1C(=O)NC(CC(C)C)c1cc(C)cc(C)c1. The van der Waals surface area contributed by atoms with Crippen LogP contribution in [0.2, 0.25) is 5.02 Å². The fourth-order valence-corrected chi connectivity index (χ4v) is 4.65. The number of methoxy groups -OCH3 is 1. The first-order valence-corrected chi connectivity index (χ1v) is 13.1. The average molecular weight is 540 g/mol. The van der Waals surface area contributed by atoms with E-state index in [0.29, 0.717) is 23.7 Å². The summed E-state index contributed by atoms with van der Waals surface area (Å²) >= 11 is 6.09. The summed E-state index contributed by atoms with van der Waals surface area (Å²) in [5.74, 6) is -0.309. The first kappa shape index (κ1) is 29.2. The predicted octanol–water partition coefficient (Wildman–Crippen LogP) is 7.30. The van der Waals surface area contributed by atoms with Crippen molar-refractivity contribution in [2.24, 2.45) is 5.92 Å². The molecule has 1 unspecified atom stereocenters. The number of carbonyl (C=O) groups is 2. The number of halogens is 2. The van der Waals surface area contributed by atoms with Crippen molar-refractivity contribution in [2.45, 2.75) is 59.6 Å². The summed E-state index contributed by atoms with van der Waals surface area (Å²) in [6, 6.07) is 15.5. The number of hydrogen-bond acceptors (Lipinski definition) is 4. The molecule has 0 aromatic heterocycles. The van der Waals surface area contributed by atoms with Crippen LogP contribution in [0.3, 0.4) is 0 Å². The van der Waals surface area contributed by atoms with Crippen LogP contribution in [0.5, 0.6) is 5.75 Å². The number of ether oxygens (including phenoxy) is 2. The van der Waals surface area contributed by atoms with Gasteiger partial charge in [-0.1, -0.05) is 66.9 Å². The Morgan fingerprint density at radius 1 is 1.00 bits per heavy atom. The summed E-state index contributed by atoms with van der Waals surface area (Å²) in [5.41, 5.74) is 5.29. The maximum atomic E-state index is 13.7. The quantitative estimate of drug-likeness (QED) is 0.260. The summed E-state index contributed by atoms with van der Waals surface area (Å²) in [6.45, 7) is 8.48. The highest BCUT2D eigenvalue weighted by molar-refractivity contribution is 6.32. The molecule has 3 aromatic carbocycles. The predicted molar refractivity (Wildman–Crippen MR) is 148 cm³/mol. The molecule has 0 spiro atoms. The molecule has 0 aliphatic heterocycles. The Hall–Kier alpha value is -3.38. The lowest BCUT2D eigenvalue weighted by atomic mass is 9.93. The topological polar surface area (TPSA) is 64.6 Å². The van der Waals surface area contributed by atoms with E-state index in [1.54, 1.807) is 6.07 Å². The molecule has 38 heavy (non-hydrogen) atoms. The largest absolute Gasteiger partial charge is 0.487 e. The van der Waals surface area contributed by atoms with Gasteiger partial charge in [-0.25, -0.2) is 4.39 Å². The van der Waals surface area contributed by atoms with Gasteiger partial charge in [-0.05, 0) is 73.6 Å². The zero-order valence-electron chi connectivity index (χ0n) is 22.6. The van der Waals surface area contributed by atoms with Crippen LogP contribution in [0.1, 0.15) is 70.9 Å². The molecular weight excluding hydrogens is 505 g/mol. The van der Waals surface area contributed by atoms with Gasteiger partial charge in [0.1, 0.15) is 18.2 Å². The van der Waals surface area contributed by atoms with E-state index in [4.69, 9.17) is 21.1 Å². The standard InChI is InChI=1S/C31H35ClFNO4/c1-19(2)12-28(24-14-20(3)13-21(4)15-24)34-31(36)26-16-22(6-7-23(26)8-11-30(35)37-5)18-38-29-10-9-25(33)17-27(29)32/h6-7,9-10,13-17,19,28H,8,11-12,18H2,1-5H3,(H,34,36). The first-order chi connectivity index (χ1) is 18.0. The van der Waals surface area contributed by atoms with Crippen molar-refractivity contribution < 1.29 is 23.5 Å². The fourth-order valence-electron chi connectivity index (χ4n) is 4.43. The molecule has 1 atom stereocenters. The molecule has 202 valence electrons. The molecule has 1 N–H and O–H groups in total. The van der Waals surface area contributed by atoms with Crippen LogP contribution in [0.15, 0.2) is 54.6 Å². The minimum absolute atomic E-state index is 0.134. The maximum absolute atomic E-state index is 13.7. The van der Waals surface area contributed by atoms with Crippen LogP contribution in [-0.4, -0.2) is 19.0 Å². The van der Waals surface area contributed by atoms with E-state index in [-0.39, 0.29) is 36.0 Å². The molecule has 0 aliphatic rings. The van der Waals surface area contributed by atoms with Gasteiger partial charge in [0, 0.05) is 12.0 Å². The number of benzene rings is 3. The number of esters is 1. The Morgan fingerprint density at radius 3 is 2.34 bits per heavy atom. The van der Waals surface area contributed by atoms with E-state index in [1.807, 2.05) is 26.0 Å². The lowest BCUT2D eigenvalue weighted by molar-refractivity contribution is -0.140. The highest BCUT2D eigenvalue weighted by Gasteiger charge is 2.21. The lowest BCUT2D eigenvalue weighted by Gasteiger charge is -2.23. The van der Waals surface area contributed by atoms with Crippen molar-refractivity contribution in [3.05, 3.63) is 98.8 Å². The van der Waals surface area contributed by atoms with E-state index in [9.17, 15) is 14.0 Å². The number of aryl methyl sites for hydroxylation is 3. The van der Waals surface area contributed by atoms with Crippen molar-refractivity contribution in [3.63, 3.8) is 0 Å². The third kappa shape index (κ3) is 8.32. The van der Waals surface area contributed by atoms with Gasteiger partial charge in [-0.15, -0.1) is 0 Å². The number of hydrogen-bond donors (Lipinski definition) is 1. The Bertz CT molecular complexity index is 1270. The van der Waals surface area contributed by atoms with Crippen LogP contribution < -0.4 is 10.1 Å². The number of amides is 1. The van der Waals surface area contributed by atoms with Crippen LogP contribution >= 0.6 is 11.6 Å². The molecule has 0 aliphatic carbocycles. The number of rotatable bonds is 11. The second-order valence-electron chi connectivity index (χ2n) is 10.0. The molecule has 3 aromatic rings. The Balaban J connectivity index is 1.90. The summed E-state index contributed by atoms with van der Waals surface area (Å²) in [5, 5.41) is 3.40. The second kappa shape index (κ2) is 13.4. The van der Waals surface area contributed by atoms with E-state index in [1.165, 1.54) is 25.3 Å². The van der Waals surface area contributed by atoms with Crippen LogP contribution in [0, 0.1) is 25.6 Å². The van der Waals surface area contributed by atoms with Crippen molar-refractivity contribution in [1.29, 1.82) is 0 Å². The van der Waals surface area contributed by atoms with E-state index < -0.39 is 5.82 Å². The van der Waals surface area contributed by atoms with E-state index in [2.05, 4.69) is 37.4 Å².